The molecule has 0 bridgehead atoms. The third-order valence-corrected chi connectivity index (χ3v) is 4.89. The van der Waals surface area contributed by atoms with Crippen molar-refractivity contribution in [3.63, 3.8) is 0 Å². The molecule has 1 aromatic heterocycles. The Morgan fingerprint density at radius 1 is 1.36 bits per heavy atom. The summed E-state index contributed by atoms with van der Waals surface area (Å²) in [5.41, 5.74) is 3.49. The lowest BCUT2D eigenvalue weighted by molar-refractivity contribution is -0.143. The number of carbonyl (C=O) groups is 2. The first-order chi connectivity index (χ1) is 11.9. The minimum absolute atomic E-state index is 0.173. The van der Waals surface area contributed by atoms with Crippen molar-refractivity contribution < 1.29 is 14.7 Å². The van der Waals surface area contributed by atoms with Crippen molar-refractivity contribution in [2.24, 2.45) is 11.8 Å². The number of carboxylic acid groups (broad SMARTS) is 1. The Labute approximate surface area is 147 Å². The third kappa shape index (κ3) is 3.95. The molecule has 1 aliphatic rings. The van der Waals surface area contributed by atoms with Gasteiger partial charge in [-0.3, -0.25) is 4.79 Å². The first-order valence-electron chi connectivity index (χ1n) is 8.76. The standard InChI is InChI=1S/C19H25N3O3/c1-12-3-4-16-14(9-21-17(16)8-12)5-6-20-19(25)22-10-13(2)7-15(11-22)18(23)24/h3-4,8-9,13,15,21H,5-7,10-11H2,1-2H3,(H,20,25)(H,23,24). The van der Waals surface area contributed by atoms with Crippen LogP contribution in [0.25, 0.3) is 10.9 Å². The van der Waals surface area contributed by atoms with Gasteiger partial charge in [0.25, 0.3) is 0 Å². The van der Waals surface area contributed by atoms with E-state index >= 15 is 0 Å². The number of fused-ring (bicyclic) bond motifs is 1. The number of hydrogen-bond acceptors (Lipinski definition) is 2. The number of likely N-dealkylation sites (tertiary alicyclic amines) is 1. The number of benzene rings is 1. The molecule has 1 saturated heterocycles. The second-order valence-corrected chi connectivity index (χ2v) is 7.13. The number of nitrogens with zero attached hydrogens (tertiary/aromatic N) is 1. The number of H-pyrrole nitrogens is 1. The zero-order chi connectivity index (χ0) is 18.0. The lowest BCUT2D eigenvalue weighted by Gasteiger charge is -2.34. The van der Waals surface area contributed by atoms with Gasteiger partial charge in [0, 0.05) is 36.7 Å². The molecule has 0 spiro atoms. The number of piperidine rings is 1. The van der Waals surface area contributed by atoms with Crippen LogP contribution in [0, 0.1) is 18.8 Å². The summed E-state index contributed by atoms with van der Waals surface area (Å²) in [5, 5.41) is 13.3. The number of rotatable bonds is 4. The zero-order valence-electron chi connectivity index (χ0n) is 14.7. The lowest BCUT2D eigenvalue weighted by Crippen LogP contribution is -2.49. The number of nitrogens with one attached hydrogen (secondary N) is 2. The summed E-state index contributed by atoms with van der Waals surface area (Å²) >= 11 is 0. The number of carboxylic acids is 1. The van der Waals surface area contributed by atoms with Crippen LogP contribution in [0.4, 0.5) is 4.79 Å². The molecule has 134 valence electrons. The summed E-state index contributed by atoms with van der Waals surface area (Å²) in [6, 6.07) is 6.12. The number of hydrogen-bond donors (Lipinski definition) is 3. The van der Waals surface area contributed by atoms with Gasteiger partial charge in [-0.05, 0) is 42.9 Å². The molecular weight excluding hydrogens is 318 g/mol. The number of aliphatic carboxylic acids is 1. The Morgan fingerprint density at radius 2 is 2.16 bits per heavy atom. The highest BCUT2D eigenvalue weighted by Gasteiger charge is 2.31. The Balaban J connectivity index is 1.56. The number of carbonyl (C=O) groups excluding carboxylic acids is 1. The van der Waals surface area contributed by atoms with E-state index < -0.39 is 11.9 Å². The molecule has 3 rings (SSSR count). The highest BCUT2D eigenvalue weighted by Crippen LogP contribution is 2.22. The molecule has 6 nitrogen and oxygen atoms in total. The predicted molar refractivity (Wildman–Crippen MR) is 96.6 cm³/mol. The maximum absolute atomic E-state index is 12.4. The average Bonchev–Trinajstić information content (AvgIpc) is 2.96. The summed E-state index contributed by atoms with van der Waals surface area (Å²) < 4.78 is 0. The van der Waals surface area contributed by atoms with Crippen LogP contribution in [-0.2, 0) is 11.2 Å². The van der Waals surface area contributed by atoms with Crippen LogP contribution in [0.1, 0.15) is 24.5 Å². The second-order valence-electron chi connectivity index (χ2n) is 7.13. The molecule has 3 N–H and O–H groups in total. The minimum Gasteiger partial charge on any atom is -0.481 e. The molecule has 1 aromatic carbocycles. The van der Waals surface area contributed by atoms with E-state index in [2.05, 4.69) is 35.4 Å². The zero-order valence-corrected chi connectivity index (χ0v) is 14.7. The Bertz CT molecular complexity index is 783. The normalized spacial score (nSPS) is 20.6. The maximum Gasteiger partial charge on any atom is 0.317 e. The first kappa shape index (κ1) is 17.3. The number of aryl methyl sites for hydroxylation is 1. The molecule has 6 heteroatoms. The first-order valence-corrected chi connectivity index (χ1v) is 8.76. The molecule has 2 amide bonds. The summed E-state index contributed by atoms with van der Waals surface area (Å²) in [5.74, 6) is -1.08. The van der Waals surface area contributed by atoms with Gasteiger partial charge in [0.2, 0.25) is 0 Å². The van der Waals surface area contributed by atoms with Gasteiger partial charge in [0.15, 0.2) is 0 Å². The van der Waals surface area contributed by atoms with Gasteiger partial charge >= 0.3 is 12.0 Å². The van der Waals surface area contributed by atoms with Crippen molar-refractivity contribution in [2.45, 2.75) is 26.7 Å². The Morgan fingerprint density at radius 3 is 2.92 bits per heavy atom. The van der Waals surface area contributed by atoms with E-state index in [0.29, 0.717) is 19.5 Å². The number of amides is 2. The third-order valence-electron chi connectivity index (χ3n) is 4.89. The largest absolute Gasteiger partial charge is 0.481 e. The summed E-state index contributed by atoms with van der Waals surface area (Å²) in [4.78, 5) is 28.5. The monoisotopic (exact) mass is 343 g/mol. The van der Waals surface area contributed by atoms with Gasteiger partial charge in [-0.1, -0.05) is 19.1 Å². The van der Waals surface area contributed by atoms with Crippen molar-refractivity contribution in [2.75, 3.05) is 19.6 Å². The molecule has 1 fully saturated rings. The van der Waals surface area contributed by atoms with Crippen LogP contribution >= 0.6 is 0 Å². The molecule has 1 aliphatic heterocycles. The molecule has 0 aliphatic carbocycles. The topological polar surface area (TPSA) is 85.4 Å². The van der Waals surface area contributed by atoms with E-state index in [9.17, 15) is 14.7 Å². The number of aromatic amines is 1. The molecule has 2 heterocycles. The van der Waals surface area contributed by atoms with Crippen LogP contribution in [0.5, 0.6) is 0 Å². The lowest BCUT2D eigenvalue weighted by atomic mass is 9.91. The molecule has 0 radical (unpaired) electrons. The quantitative estimate of drug-likeness (QED) is 0.798. The molecule has 0 saturated carbocycles. The van der Waals surface area contributed by atoms with Crippen molar-refractivity contribution >= 4 is 22.9 Å². The van der Waals surface area contributed by atoms with Gasteiger partial charge in [0.05, 0.1) is 5.92 Å². The summed E-state index contributed by atoms with van der Waals surface area (Å²) in [7, 11) is 0. The maximum atomic E-state index is 12.4. The van der Waals surface area contributed by atoms with Crippen molar-refractivity contribution in [3.8, 4) is 0 Å². The predicted octanol–water partition coefficient (Wildman–Crippen LogP) is 2.77. The average molecular weight is 343 g/mol. The molecule has 2 atom stereocenters. The number of urea groups is 1. The fourth-order valence-corrected chi connectivity index (χ4v) is 3.62. The summed E-state index contributed by atoms with van der Waals surface area (Å²) in [6.07, 6.45) is 3.36. The van der Waals surface area contributed by atoms with Crippen LogP contribution in [-0.4, -0.2) is 46.6 Å². The van der Waals surface area contributed by atoms with E-state index in [4.69, 9.17) is 0 Å². The fourth-order valence-electron chi connectivity index (χ4n) is 3.62. The van der Waals surface area contributed by atoms with E-state index in [-0.39, 0.29) is 18.5 Å². The van der Waals surface area contributed by atoms with Crippen LogP contribution in [0.15, 0.2) is 24.4 Å². The van der Waals surface area contributed by atoms with Gasteiger partial charge < -0.3 is 20.3 Å². The molecular formula is C19H25N3O3. The minimum atomic E-state index is -0.821. The van der Waals surface area contributed by atoms with E-state index in [1.165, 1.54) is 16.5 Å². The number of aromatic nitrogens is 1. The molecule has 25 heavy (non-hydrogen) atoms. The van der Waals surface area contributed by atoms with Crippen LogP contribution in [0.2, 0.25) is 0 Å². The van der Waals surface area contributed by atoms with Gasteiger partial charge in [-0.15, -0.1) is 0 Å². The van der Waals surface area contributed by atoms with Crippen molar-refractivity contribution in [1.29, 1.82) is 0 Å². The summed E-state index contributed by atoms with van der Waals surface area (Å²) in [6.45, 7) is 5.48. The van der Waals surface area contributed by atoms with Crippen molar-refractivity contribution in [1.82, 2.24) is 15.2 Å². The van der Waals surface area contributed by atoms with Crippen molar-refractivity contribution in [3.05, 3.63) is 35.5 Å². The van der Waals surface area contributed by atoms with E-state index in [1.54, 1.807) is 4.90 Å². The Hall–Kier alpha value is -2.50. The van der Waals surface area contributed by atoms with E-state index in [0.717, 1.165) is 11.9 Å². The van der Waals surface area contributed by atoms with Gasteiger partial charge in [0.1, 0.15) is 0 Å². The second kappa shape index (κ2) is 7.17. The Kier molecular flexibility index (Phi) is 4.97. The van der Waals surface area contributed by atoms with E-state index in [1.807, 2.05) is 13.1 Å². The van der Waals surface area contributed by atoms with Gasteiger partial charge in [-0.25, -0.2) is 4.79 Å². The molecule has 2 aromatic rings. The van der Waals surface area contributed by atoms with Gasteiger partial charge in [-0.2, -0.15) is 0 Å². The smallest absolute Gasteiger partial charge is 0.317 e. The highest BCUT2D eigenvalue weighted by atomic mass is 16.4. The highest BCUT2D eigenvalue weighted by molar-refractivity contribution is 5.84. The van der Waals surface area contributed by atoms with Crippen LogP contribution in [0.3, 0.4) is 0 Å². The SMILES string of the molecule is Cc1ccc2c(CCNC(=O)N3CC(C)CC(C(=O)O)C3)c[nH]c2c1. The van der Waals surface area contributed by atoms with Crippen LogP contribution < -0.4 is 5.32 Å². The molecule has 2 unspecified atom stereocenters. The fraction of sp³-hybridized carbons (Fsp3) is 0.474.